The largest absolute Gasteiger partial charge is 0.478 e. The zero-order valence-corrected chi connectivity index (χ0v) is 16.4. The van der Waals surface area contributed by atoms with Crippen molar-refractivity contribution >= 4 is 44.3 Å². The van der Waals surface area contributed by atoms with Crippen LogP contribution in [0.2, 0.25) is 0 Å². The molecule has 4 rings (SSSR count). The number of nitrogen functional groups attached to an aromatic ring is 1. The van der Waals surface area contributed by atoms with Gasteiger partial charge in [0.25, 0.3) is 15.9 Å². The van der Waals surface area contributed by atoms with Crippen LogP contribution in [0.4, 0.5) is 9.80 Å². The van der Waals surface area contributed by atoms with Gasteiger partial charge in [-0.25, -0.2) is 22.3 Å². The van der Waals surface area contributed by atoms with E-state index in [1.807, 2.05) is 0 Å². The van der Waals surface area contributed by atoms with Crippen LogP contribution in [0, 0.1) is 0 Å². The van der Waals surface area contributed by atoms with Crippen LogP contribution in [0.3, 0.4) is 0 Å². The van der Waals surface area contributed by atoms with Gasteiger partial charge in [-0.05, 0) is 24.1 Å². The average Bonchev–Trinajstić information content (AvgIpc) is 3.09. The number of anilines is 1. The third kappa shape index (κ3) is 2.75. The second kappa shape index (κ2) is 6.46. The number of aromatic carboxylic acids is 1. The monoisotopic (exact) mass is 437 g/mol. The van der Waals surface area contributed by atoms with Crippen LogP contribution in [-0.4, -0.2) is 58.9 Å². The van der Waals surface area contributed by atoms with E-state index in [2.05, 4.69) is 0 Å². The summed E-state index contributed by atoms with van der Waals surface area (Å²) in [5.41, 5.74) is 6.13. The molecule has 2 aromatic rings. The minimum atomic E-state index is -4.15. The van der Waals surface area contributed by atoms with E-state index in [0.717, 1.165) is 16.2 Å². The predicted molar refractivity (Wildman–Crippen MR) is 102 cm³/mol. The first-order valence-electron chi connectivity index (χ1n) is 8.44. The van der Waals surface area contributed by atoms with Crippen molar-refractivity contribution in [2.45, 2.75) is 17.4 Å². The third-order valence-corrected chi connectivity index (χ3v) is 8.03. The second-order valence-corrected chi connectivity index (χ2v) is 9.48. The number of benzene rings is 1. The fourth-order valence-electron chi connectivity index (χ4n) is 3.76. The van der Waals surface area contributed by atoms with Crippen molar-refractivity contribution in [1.82, 2.24) is 9.21 Å². The van der Waals surface area contributed by atoms with Gasteiger partial charge in [-0.3, -0.25) is 9.69 Å². The van der Waals surface area contributed by atoms with E-state index >= 15 is 0 Å². The van der Waals surface area contributed by atoms with E-state index in [9.17, 15) is 33.0 Å². The fraction of sp³-hybridized carbons (Fsp3) is 0.235. The molecule has 10 nitrogen and oxygen atoms in total. The number of amides is 2. The number of nitrogens with two attached hydrogens (primary N) is 1. The van der Waals surface area contributed by atoms with Crippen LogP contribution < -0.4 is 5.73 Å². The van der Waals surface area contributed by atoms with Gasteiger partial charge < -0.3 is 15.9 Å². The summed E-state index contributed by atoms with van der Waals surface area (Å²) in [5.74, 6) is -1.99. The molecule has 0 spiro atoms. The molecular formula is C17H15N3O7S2. The third-order valence-electron chi connectivity index (χ3n) is 5.06. The fourth-order valence-corrected chi connectivity index (χ4v) is 6.55. The van der Waals surface area contributed by atoms with E-state index in [4.69, 9.17) is 5.73 Å². The molecule has 3 heterocycles. The van der Waals surface area contributed by atoms with Gasteiger partial charge in [-0.15, -0.1) is 11.3 Å². The summed E-state index contributed by atoms with van der Waals surface area (Å²) in [6.07, 6.45) is -1.17. The van der Waals surface area contributed by atoms with Crippen LogP contribution in [-0.2, 0) is 16.4 Å². The lowest BCUT2D eigenvalue weighted by Gasteiger charge is -2.35. The van der Waals surface area contributed by atoms with Crippen molar-refractivity contribution < 1.29 is 33.0 Å². The molecule has 0 bridgehead atoms. The Balaban J connectivity index is 1.80. The SMILES string of the molecule is Nc1sc2c(c1C(=O)O)CCN(C(=O)O)C2CN1C(=O)c2ccccc2S1(=O)=O. The Kier molecular flexibility index (Phi) is 4.28. The molecule has 0 saturated carbocycles. The molecule has 1 aromatic carbocycles. The standard InChI is InChI=1S/C17H15N3O7S2/c18-14-12(16(22)23)9-5-6-19(17(24)25)10(13(9)28-14)7-20-15(21)8-3-1-2-4-11(8)29(20,26)27/h1-4,10H,5-7,18H2,(H,22,23)(H,24,25). The minimum Gasteiger partial charge on any atom is -0.478 e. The molecule has 152 valence electrons. The van der Waals surface area contributed by atoms with Crippen LogP contribution >= 0.6 is 11.3 Å². The molecule has 0 radical (unpaired) electrons. The number of fused-ring (bicyclic) bond motifs is 2. The van der Waals surface area contributed by atoms with Crippen molar-refractivity contribution in [1.29, 1.82) is 0 Å². The van der Waals surface area contributed by atoms with Crippen molar-refractivity contribution in [2.75, 3.05) is 18.8 Å². The lowest BCUT2D eigenvalue weighted by molar-refractivity contribution is 0.0693. The first-order chi connectivity index (χ1) is 13.6. The highest BCUT2D eigenvalue weighted by atomic mass is 32.2. The van der Waals surface area contributed by atoms with Gasteiger partial charge in [0.2, 0.25) is 0 Å². The number of thiophene rings is 1. The number of nitrogens with zero attached hydrogens (tertiary/aromatic N) is 2. The smallest absolute Gasteiger partial charge is 0.407 e. The number of sulfonamides is 1. The summed E-state index contributed by atoms with van der Waals surface area (Å²) in [5, 5.41) is 19.0. The van der Waals surface area contributed by atoms with Crippen molar-refractivity contribution in [3.05, 3.63) is 45.8 Å². The van der Waals surface area contributed by atoms with Crippen molar-refractivity contribution in [3.8, 4) is 0 Å². The molecule has 2 amide bonds. The molecule has 0 fully saturated rings. The van der Waals surface area contributed by atoms with E-state index in [1.165, 1.54) is 24.3 Å². The first kappa shape index (κ1) is 19.2. The molecular weight excluding hydrogens is 422 g/mol. The number of carbonyl (C=O) groups excluding carboxylic acids is 1. The number of hydrogen-bond donors (Lipinski definition) is 3. The van der Waals surface area contributed by atoms with Gasteiger partial charge >= 0.3 is 12.1 Å². The number of hydrogen-bond acceptors (Lipinski definition) is 7. The zero-order chi connectivity index (χ0) is 21.1. The van der Waals surface area contributed by atoms with E-state index in [0.29, 0.717) is 14.7 Å². The molecule has 12 heteroatoms. The molecule has 2 aliphatic heterocycles. The van der Waals surface area contributed by atoms with Gasteiger partial charge in [0, 0.05) is 11.4 Å². The average molecular weight is 437 g/mol. The number of carbonyl (C=O) groups is 3. The summed E-state index contributed by atoms with van der Waals surface area (Å²) >= 11 is 0.902. The Morgan fingerprint density at radius 3 is 2.55 bits per heavy atom. The summed E-state index contributed by atoms with van der Waals surface area (Å²) in [7, 11) is -4.15. The second-order valence-electron chi connectivity index (χ2n) is 6.57. The first-order valence-corrected chi connectivity index (χ1v) is 10.7. The Hall–Kier alpha value is -3.12. The van der Waals surface area contributed by atoms with E-state index in [-0.39, 0.29) is 34.0 Å². The van der Waals surface area contributed by atoms with Gasteiger partial charge in [0.05, 0.1) is 23.7 Å². The van der Waals surface area contributed by atoms with Gasteiger partial charge in [-0.2, -0.15) is 0 Å². The van der Waals surface area contributed by atoms with Crippen molar-refractivity contribution in [3.63, 3.8) is 0 Å². The highest BCUT2D eigenvalue weighted by molar-refractivity contribution is 7.90. The van der Waals surface area contributed by atoms with Gasteiger partial charge in [-0.1, -0.05) is 12.1 Å². The van der Waals surface area contributed by atoms with Crippen LogP contribution in [0.15, 0.2) is 29.2 Å². The molecule has 1 atom stereocenters. The summed E-state index contributed by atoms with van der Waals surface area (Å²) in [6.45, 7) is -0.507. The zero-order valence-electron chi connectivity index (χ0n) is 14.7. The molecule has 0 saturated heterocycles. The molecule has 4 N–H and O–H groups in total. The minimum absolute atomic E-state index is 0.0126. The topological polar surface area (TPSA) is 158 Å². The van der Waals surface area contributed by atoms with Crippen molar-refractivity contribution in [2.24, 2.45) is 0 Å². The molecule has 0 aliphatic carbocycles. The van der Waals surface area contributed by atoms with Crippen LogP contribution in [0.25, 0.3) is 0 Å². The highest BCUT2D eigenvalue weighted by Gasteiger charge is 2.45. The van der Waals surface area contributed by atoms with Gasteiger partial charge in [0.1, 0.15) is 9.90 Å². The molecule has 1 aromatic heterocycles. The van der Waals surface area contributed by atoms with Crippen LogP contribution in [0.1, 0.15) is 37.2 Å². The van der Waals surface area contributed by atoms with Gasteiger partial charge in [0.15, 0.2) is 0 Å². The Bertz CT molecular complexity index is 1170. The highest BCUT2D eigenvalue weighted by Crippen LogP contribution is 2.43. The number of rotatable bonds is 3. The maximum atomic E-state index is 12.9. The van der Waals surface area contributed by atoms with E-state index in [1.54, 1.807) is 0 Å². The summed E-state index contributed by atoms with van der Waals surface area (Å²) in [4.78, 5) is 37.3. The Labute approximate surface area is 168 Å². The lowest BCUT2D eigenvalue weighted by Crippen LogP contribution is -2.45. The Morgan fingerprint density at radius 2 is 1.93 bits per heavy atom. The summed E-state index contributed by atoms with van der Waals surface area (Å²) < 4.78 is 26.4. The normalized spacial score (nSPS) is 19.7. The quantitative estimate of drug-likeness (QED) is 0.651. The molecule has 2 aliphatic rings. The molecule has 1 unspecified atom stereocenters. The van der Waals surface area contributed by atoms with E-state index < -0.39 is 40.6 Å². The maximum Gasteiger partial charge on any atom is 0.407 e. The summed E-state index contributed by atoms with van der Waals surface area (Å²) in [6, 6.07) is 4.69. The van der Waals surface area contributed by atoms with Crippen LogP contribution in [0.5, 0.6) is 0 Å². The predicted octanol–water partition coefficient (Wildman–Crippen LogP) is 1.45. The number of carboxylic acid groups (broad SMARTS) is 2. The Morgan fingerprint density at radius 1 is 1.24 bits per heavy atom. The maximum absolute atomic E-state index is 12.9. The molecule has 29 heavy (non-hydrogen) atoms. The lowest BCUT2D eigenvalue weighted by atomic mass is 9.97. The number of carboxylic acids is 1.